The van der Waals surface area contributed by atoms with Crippen LogP contribution in [0.15, 0.2) is 28.7 Å². The first-order chi connectivity index (χ1) is 9.51. The van der Waals surface area contributed by atoms with Gasteiger partial charge in [-0.3, -0.25) is 15.5 Å². The van der Waals surface area contributed by atoms with Crippen LogP contribution in [0.25, 0.3) is 0 Å². The summed E-state index contributed by atoms with van der Waals surface area (Å²) in [5.74, 6) is 5.62. The fourth-order valence-electron chi connectivity index (χ4n) is 1.50. The Balaban J connectivity index is 2.44. The Morgan fingerprint density at radius 1 is 1.45 bits per heavy atom. The Hall–Kier alpha value is -2.26. The molecular formula is C11H10BrN5O3. The fourth-order valence-corrected chi connectivity index (χ4v) is 1.94. The Bertz CT molecular complexity index is 665. The summed E-state index contributed by atoms with van der Waals surface area (Å²) in [4.78, 5) is 18.4. The van der Waals surface area contributed by atoms with Crippen LogP contribution >= 0.6 is 15.9 Å². The molecule has 2 rings (SSSR count). The van der Waals surface area contributed by atoms with E-state index in [1.807, 2.05) is 0 Å². The van der Waals surface area contributed by atoms with E-state index < -0.39 is 4.92 Å². The number of ether oxygens (including phenoxy) is 1. The van der Waals surface area contributed by atoms with Gasteiger partial charge in [-0.05, 0) is 28.9 Å². The lowest BCUT2D eigenvalue weighted by molar-refractivity contribution is -0.385. The number of aromatic nitrogens is 2. The third kappa shape index (κ3) is 3.00. The number of rotatable bonds is 4. The lowest BCUT2D eigenvalue weighted by Gasteiger charge is -2.09. The van der Waals surface area contributed by atoms with E-state index in [4.69, 9.17) is 10.6 Å². The van der Waals surface area contributed by atoms with E-state index in [1.165, 1.54) is 6.07 Å². The van der Waals surface area contributed by atoms with Crippen molar-refractivity contribution in [3.8, 4) is 11.6 Å². The van der Waals surface area contributed by atoms with Gasteiger partial charge in [-0.2, -0.15) is 4.98 Å². The molecule has 0 unspecified atom stereocenters. The van der Waals surface area contributed by atoms with E-state index >= 15 is 0 Å². The zero-order valence-corrected chi connectivity index (χ0v) is 11.9. The number of hydrogen-bond donors (Lipinski definition) is 2. The van der Waals surface area contributed by atoms with Crippen molar-refractivity contribution in [2.24, 2.45) is 5.84 Å². The minimum absolute atomic E-state index is 0.0681. The number of halogens is 1. The quantitative estimate of drug-likeness (QED) is 0.499. The maximum atomic E-state index is 11.0. The van der Waals surface area contributed by atoms with E-state index in [1.54, 1.807) is 25.1 Å². The maximum absolute atomic E-state index is 11.0. The molecule has 0 bridgehead atoms. The number of hydrazine groups is 1. The highest BCUT2D eigenvalue weighted by atomic mass is 79.9. The molecule has 8 nitrogen and oxygen atoms in total. The van der Waals surface area contributed by atoms with Crippen LogP contribution < -0.4 is 16.0 Å². The number of para-hydroxylation sites is 1. The highest BCUT2D eigenvalue weighted by molar-refractivity contribution is 9.10. The maximum Gasteiger partial charge on any atom is 0.312 e. The number of nitrogens with zero attached hydrogens (tertiary/aromatic N) is 3. The van der Waals surface area contributed by atoms with Gasteiger partial charge in [0.25, 0.3) is 0 Å². The summed E-state index contributed by atoms with van der Waals surface area (Å²) in [6.45, 7) is 1.73. The van der Waals surface area contributed by atoms with Crippen molar-refractivity contribution in [1.29, 1.82) is 0 Å². The number of nitrogens with one attached hydrogen (secondary N) is 1. The van der Waals surface area contributed by atoms with Gasteiger partial charge in [0.1, 0.15) is 0 Å². The highest BCUT2D eigenvalue weighted by Crippen LogP contribution is 2.37. The number of benzene rings is 1. The van der Waals surface area contributed by atoms with Crippen molar-refractivity contribution in [3.05, 3.63) is 44.5 Å². The van der Waals surface area contributed by atoms with Gasteiger partial charge < -0.3 is 4.74 Å². The van der Waals surface area contributed by atoms with Gasteiger partial charge in [0.05, 0.1) is 9.40 Å². The van der Waals surface area contributed by atoms with Crippen molar-refractivity contribution in [3.63, 3.8) is 0 Å². The van der Waals surface area contributed by atoms with Crippen LogP contribution in [0, 0.1) is 17.0 Å². The predicted molar refractivity (Wildman–Crippen MR) is 75.4 cm³/mol. The molecule has 0 fully saturated rings. The standard InChI is InChI=1S/C11H10BrN5O3/c1-6-5-9(15-11(14-6)16-13)20-10-7(12)3-2-4-8(10)17(18)19/h2-5H,13H2,1H3,(H,14,15,16). The van der Waals surface area contributed by atoms with Gasteiger partial charge >= 0.3 is 5.69 Å². The summed E-state index contributed by atoms with van der Waals surface area (Å²) in [6, 6.07) is 6.08. The van der Waals surface area contributed by atoms with Gasteiger partial charge in [-0.1, -0.05) is 6.07 Å². The summed E-state index contributed by atoms with van der Waals surface area (Å²) in [5, 5.41) is 11.0. The summed E-state index contributed by atoms with van der Waals surface area (Å²) in [6.07, 6.45) is 0. The minimum Gasteiger partial charge on any atom is -0.430 e. The number of hydrogen-bond acceptors (Lipinski definition) is 7. The molecule has 0 radical (unpaired) electrons. The van der Waals surface area contributed by atoms with Crippen molar-refractivity contribution < 1.29 is 9.66 Å². The number of nitro groups is 1. The number of nitrogens with two attached hydrogens (primary N) is 1. The molecule has 0 aliphatic carbocycles. The predicted octanol–water partition coefficient (Wildman–Crippen LogP) is 2.53. The Morgan fingerprint density at radius 2 is 2.20 bits per heavy atom. The Labute approximate surface area is 122 Å². The van der Waals surface area contributed by atoms with Gasteiger partial charge in [0, 0.05) is 17.8 Å². The first kappa shape index (κ1) is 14.2. The summed E-state index contributed by atoms with van der Waals surface area (Å²) >= 11 is 3.21. The lowest BCUT2D eigenvalue weighted by Crippen LogP contribution is -2.11. The van der Waals surface area contributed by atoms with E-state index in [0.29, 0.717) is 10.2 Å². The third-order valence-corrected chi connectivity index (χ3v) is 2.93. The molecule has 0 amide bonds. The normalized spacial score (nSPS) is 10.2. The molecule has 9 heteroatoms. The van der Waals surface area contributed by atoms with Crippen LogP contribution in [0.1, 0.15) is 5.69 Å². The van der Waals surface area contributed by atoms with Crippen LogP contribution in [-0.2, 0) is 0 Å². The van der Waals surface area contributed by atoms with E-state index in [2.05, 4.69) is 31.3 Å². The minimum atomic E-state index is -0.532. The monoisotopic (exact) mass is 339 g/mol. The molecule has 0 spiro atoms. The molecule has 2 aromatic rings. The first-order valence-corrected chi connectivity index (χ1v) is 6.23. The second-order valence-electron chi connectivity index (χ2n) is 3.76. The summed E-state index contributed by atoms with van der Waals surface area (Å²) < 4.78 is 5.94. The highest BCUT2D eigenvalue weighted by Gasteiger charge is 2.19. The largest absolute Gasteiger partial charge is 0.430 e. The second kappa shape index (κ2) is 5.80. The summed E-state index contributed by atoms with van der Waals surface area (Å²) in [7, 11) is 0. The van der Waals surface area contributed by atoms with Crippen LogP contribution in [0.3, 0.4) is 0 Å². The van der Waals surface area contributed by atoms with Gasteiger partial charge in [0.2, 0.25) is 17.6 Å². The first-order valence-electron chi connectivity index (χ1n) is 5.44. The van der Waals surface area contributed by atoms with Gasteiger partial charge in [0.15, 0.2) is 0 Å². The third-order valence-electron chi connectivity index (χ3n) is 2.31. The van der Waals surface area contributed by atoms with Gasteiger partial charge in [-0.25, -0.2) is 10.8 Å². The topological polar surface area (TPSA) is 116 Å². The molecule has 0 aliphatic rings. The molecular weight excluding hydrogens is 330 g/mol. The van der Waals surface area contributed by atoms with Crippen LogP contribution in [0.5, 0.6) is 11.6 Å². The second-order valence-corrected chi connectivity index (χ2v) is 4.62. The van der Waals surface area contributed by atoms with Crippen LogP contribution in [0.2, 0.25) is 0 Å². The zero-order valence-electron chi connectivity index (χ0n) is 10.3. The van der Waals surface area contributed by atoms with Crippen molar-refractivity contribution in [2.75, 3.05) is 5.43 Å². The van der Waals surface area contributed by atoms with E-state index in [0.717, 1.165) is 0 Å². The van der Waals surface area contributed by atoms with Crippen LogP contribution in [0.4, 0.5) is 11.6 Å². The molecule has 1 aromatic heterocycles. The number of aryl methyl sites for hydroxylation is 1. The molecule has 3 N–H and O–H groups in total. The van der Waals surface area contributed by atoms with Gasteiger partial charge in [-0.15, -0.1) is 0 Å². The molecule has 0 saturated carbocycles. The average molecular weight is 340 g/mol. The Morgan fingerprint density at radius 3 is 2.85 bits per heavy atom. The Kier molecular flexibility index (Phi) is 4.11. The molecule has 0 saturated heterocycles. The molecule has 1 heterocycles. The van der Waals surface area contributed by atoms with Crippen molar-refractivity contribution in [2.45, 2.75) is 6.92 Å². The lowest BCUT2D eigenvalue weighted by atomic mass is 10.3. The number of anilines is 1. The molecule has 1 aromatic carbocycles. The molecule has 0 aliphatic heterocycles. The van der Waals surface area contributed by atoms with E-state index in [9.17, 15) is 10.1 Å². The zero-order chi connectivity index (χ0) is 14.7. The molecule has 0 atom stereocenters. The summed E-state index contributed by atoms with van der Waals surface area (Å²) in [5.41, 5.74) is 2.74. The van der Waals surface area contributed by atoms with Crippen molar-refractivity contribution in [1.82, 2.24) is 9.97 Å². The van der Waals surface area contributed by atoms with Crippen LogP contribution in [-0.4, -0.2) is 14.9 Å². The number of nitrogen functional groups attached to an aromatic ring is 1. The average Bonchev–Trinajstić information content (AvgIpc) is 2.40. The SMILES string of the molecule is Cc1cc(Oc2c(Br)cccc2[N+](=O)[O-])nc(NN)n1. The molecule has 104 valence electrons. The van der Waals surface area contributed by atoms with Crippen molar-refractivity contribution >= 4 is 27.6 Å². The van der Waals surface area contributed by atoms with E-state index in [-0.39, 0.29) is 23.3 Å². The fraction of sp³-hybridized carbons (Fsp3) is 0.0909. The number of nitro benzene ring substituents is 1. The smallest absolute Gasteiger partial charge is 0.312 e. The molecule has 20 heavy (non-hydrogen) atoms.